The maximum Gasteiger partial charge on any atom is 0.264 e. The van der Waals surface area contributed by atoms with Crippen molar-refractivity contribution in [2.24, 2.45) is 5.92 Å². The van der Waals surface area contributed by atoms with Gasteiger partial charge in [-0.05, 0) is 76.0 Å². The zero-order valence-electron chi connectivity index (χ0n) is 21.6. The number of amides is 2. The minimum atomic E-state index is -1.76. The second-order valence-electron chi connectivity index (χ2n) is 10.2. The van der Waals surface area contributed by atoms with Crippen molar-refractivity contribution >= 4 is 56.0 Å². The van der Waals surface area contributed by atoms with Crippen molar-refractivity contribution in [3.8, 4) is 0 Å². The lowest BCUT2D eigenvalue weighted by molar-refractivity contribution is -0.139. The molecule has 0 saturated carbocycles. The molecule has 0 unspecified atom stereocenters. The Hall–Kier alpha value is -2.53. The molecule has 202 valence electrons. The predicted octanol–water partition coefficient (Wildman–Crippen LogP) is 5.32. The number of nitrogens with zero attached hydrogens (tertiary/aromatic N) is 2. The molecule has 0 bridgehead atoms. The van der Waals surface area contributed by atoms with Crippen LogP contribution >= 0.6 is 38.5 Å². The summed E-state index contributed by atoms with van der Waals surface area (Å²) in [7, 11) is 0. The van der Waals surface area contributed by atoms with Crippen molar-refractivity contribution in [2.75, 3.05) is 11.5 Å². The highest BCUT2D eigenvalue weighted by atomic mass is 127. The number of carbonyl (C=O) groups is 2. The summed E-state index contributed by atoms with van der Waals surface area (Å²) in [5, 5.41) is 21.8. The summed E-state index contributed by atoms with van der Waals surface area (Å²) in [5.41, 5.74) is 2.68. The Labute approximate surface area is 250 Å². The second-order valence-corrected chi connectivity index (χ2v) is 12.4. The fourth-order valence-corrected chi connectivity index (χ4v) is 6.24. The van der Waals surface area contributed by atoms with Crippen LogP contribution in [-0.4, -0.2) is 39.6 Å². The quantitative estimate of drug-likeness (QED) is 0.259. The maximum absolute atomic E-state index is 13.8. The van der Waals surface area contributed by atoms with Gasteiger partial charge in [0.1, 0.15) is 0 Å². The van der Waals surface area contributed by atoms with Crippen molar-refractivity contribution < 1.29 is 19.8 Å². The summed E-state index contributed by atoms with van der Waals surface area (Å²) in [6.07, 6.45) is 4.22. The van der Waals surface area contributed by atoms with E-state index in [0.29, 0.717) is 30.8 Å². The zero-order valence-corrected chi connectivity index (χ0v) is 25.3. The van der Waals surface area contributed by atoms with Crippen molar-refractivity contribution in [1.29, 1.82) is 0 Å². The van der Waals surface area contributed by atoms with Gasteiger partial charge in [-0.3, -0.25) is 9.59 Å². The van der Waals surface area contributed by atoms with E-state index < -0.39 is 11.5 Å². The minimum absolute atomic E-state index is 0.0970. The van der Waals surface area contributed by atoms with E-state index in [1.807, 2.05) is 60.7 Å². The van der Waals surface area contributed by atoms with Gasteiger partial charge in [0, 0.05) is 32.5 Å². The van der Waals surface area contributed by atoms with Gasteiger partial charge < -0.3 is 20.0 Å². The molecule has 3 aromatic rings. The Morgan fingerprint density at radius 2 is 1.87 bits per heavy atom. The third-order valence-corrected chi connectivity index (χ3v) is 8.96. The van der Waals surface area contributed by atoms with Crippen molar-refractivity contribution in [1.82, 2.24) is 4.90 Å². The van der Waals surface area contributed by atoms with Crippen LogP contribution in [-0.2, 0) is 34.7 Å². The highest BCUT2D eigenvalue weighted by molar-refractivity contribution is 14.1. The molecule has 6 nitrogen and oxygen atoms in total. The largest absolute Gasteiger partial charge is 0.394 e. The van der Waals surface area contributed by atoms with Crippen LogP contribution in [0, 0.1) is 9.49 Å². The molecule has 3 atom stereocenters. The molecule has 0 saturated heterocycles. The third-order valence-electron chi connectivity index (χ3n) is 7.75. The highest BCUT2D eigenvalue weighted by Gasteiger charge is 2.52. The summed E-state index contributed by atoms with van der Waals surface area (Å²) in [6.45, 7) is 2.50. The van der Waals surface area contributed by atoms with Crippen molar-refractivity contribution in [2.45, 2.75) is 44.5 Å². The molecule has 8 heteroatoms. The number of hydrogen-bond acceptors (Lipinski definition) is 4. The average molecular weight is 701 g/mol. The Bertz CT molecular complexity index is 1430. The number of benzene rings is 3. The van der Waals surface area contributed by atoms with Gasteiger partial charge in [-0.2, -0.15) is 0 Å². The molecule has 2 N–H and O–H groups in total. The number of carbonyl (C=O) groups excluding carboxylic acids is 2. The molecule has 3 aromatic carbocycles. The maximum atomic E-state index is 13.8. The lowest BCUT2D eigenvalue weighted by Gasteiger charge is -2.36. The Balaban J connectivity index is 1.34. The minimum Gasteiger partial charge on any atom is -0.394 e. The molecule has 0 aliphatic carbocycles. The predicted molar refractivity (Wildman–Crippen MR) is 163 cm³/mol. The number of rotatable bonds is 7. The lowest BCUT2D eigenvalue weighted by atomic mass is 9.83. The van der Waals surface area contributed by atoms with Gasteiger partial charge in [0.05, 0.1) is 24.9 Å². The summed E-state index contributed by atoms with van der Waals surface area (Å²) in [5.74, 6) is -1.06. The van der Waals surface area contributed by atoms with E-state index in [-0.39, 0.29) is 30.9 Å². The van der Waals surface area contributed by atoms with E-state index in [4.69, 9.17) is 0 Å². The van der Waals surface area contributed by atoms with Crippen LogP contribution in [0.15, 0.2) is 83.4 Å². The number of aliphatic hydroxyl groups excluding tert-OH is 1. The van der Waals surface area contributed by atoms with Crippen LogP contribution in [0.1, 0.15) is 35.6 Å². The molecule has 0 spiro atoms. The fraction of sp³-hybridized carbons (Fsp3) is 0.290. The Morgan fingerprint density at radius 1 is 1.15 bits per heavy atom. The first kappa shape index (κ1) is 28.0. The molecule has 2 aliphatic heterocycles. The number of anilines is 1. The highest BCUT2D eigenvalue weighted by Crippen LogP contribution is 2.46. The van der Waals surface area contributed by atoms with E-state index in [1.165, 1.54) is 0 Å². The number of fused-ring (bicyclic) bond motifs is 2. The molecule has 0 radical (unpaired) electrons. The van der Waals surface area contributed by atoms with E-state index in [0.717, 1.165) is 24.7 Å². The first-order chi connectivity index (χ1) is 18.7. The molecule has 39 heavy (non-hydrogen) atoms. The van der Waals surface area contributed by atoms with E-state index in [1.54, 1.807) is 34.9 Å². The average Bonchev–Trinajstić information content (AvgIpc) is 3.15. The summed E-state index contributed by atoms with van der Waals surface area (Å²) >= 11 is 5.73. The van der Waals surface area contributed by atoms with Gasteiger partial charge in [-0.15, -0.1) is 0 Å². The van der Waals surface area contributed by atoms with Crippen LogP contribution in [0.4, 0.5) is 5.69 Å². The summed E-state index contributed by atoms with van der Waals surface area (Å²) in [4.78, 5) is 30.3. The van der Waals surface area contributed by atoms with Gasteiger partial charge in [0.15, 0.2) is 5.60 Å². The summed E-state index contributed by atoms with van der Waals surface area (Å²) < 4.78 is 1.88. The number of halogens is 2. The van der Waals surface area contributed by atoms with Gasteiger partial charge in [-0.25, -0.2) is 0 Å². The normalized spacial score (nSPS) is 21.3. The van der Waals surface area contributed by atoms with Gasteiger partial charge in [0.2, 0.25) is 5.91 Å². The Morgan fingerprint density at radius 3 is 2.59 bits per heavy atom. The van der Waals surface area contributed by atoms with E-state index in [2.05, 4.69) is 38.5 Å². The molecular formula is C31H30BrIN2O4. The smallest absolute Gasteiger partial charge is 0.264 e. The fourth-order valence-electron chi connectivity index (χ4n) is 5.52. The van der Waals surface area contributed by atoms with Crippen LogP contribution in [0.25, 0.3) is 0 Å². The number of aliphatic hydroxyl groups is 2. The molecule has 0 aromatic heterocycles. The van der Waals surface area contributed by atoms with Crippen LogP contribution < -0.4 is 4.90 Å². The van der Waals surface area contributed by atoms with Crippen molar-refractivity contribution in [3.05, 3.63) is 109 Å². The van der Waals surface area contributed by atoms with Crippen LogP contribution in [0.2, 0.25) is 0 Å². The first-order valence-electron chi connectivity index (χ1n) is 12.9. The first-order valence-corrected chi connectivity index (χ1v) is 14.8. The molecular weight excluding hydrogens is 671 g/mol. The molecule has 2 heterocycles. The summed E-state index contributed by atoms with van der Waals surface area (Å²) in [6, 6.07) is 21.2. The third kappa shape index (κ3) is 5.44. The van der Waals surface area contributed by atoms with E-state index in [9.17, 15) is 19.8 Å². The van der Waals surface area contributed by atoms with Gasteiger partial charge in [-0.1, -0.05) is 71.4 Å². The number of hydrogen-bond donors (Lipinski definition) is 2. The van der Waals surface area contributed by atoms with Gasteiger partial charge >= 0.3 is 0 Å². The monoisotopic (exact) mass is 700 g/mol. The van der Waals surface area contributed by atoms with Crippen LogP contribution in [0.5, 0.6) is 0 Å². The molecule has 2 aliphatic rings. The zero-order chi connectivity index (χ0) is 27.7. The lowest BCUT2D eigenvalue weighted by Crippen LogP contribution is -2.46. The second kappa shape index (κ2) is 11.5. The Kier molecular flexibility index (Phi) is 8.28. The van der Waals surface area contributed by atoms with E-state index >= 15 is 0 Å². The van der Waals surface area contributed by atoms with Gasteiger partial charge in [0.25, 0.3) is 5.91 Å². The molecule has 5 rings (SSSR count). The van der Waals surface area contributed by atoms with Crippen molar-refractivity contribution in [3.63, 3.8) is 0 Å². The molecule has 2 amide bonds. The SMILES string of the molecule is C[C@@H](/C=C/CC(=O)N1Cc2ccccc2C[C@H]1CO)[C@]1(O)C(=O)N(Cc2ccc(I)cc2)c2ccc(Br)cc21. The molecule has 0 fully saturated rings. The topological polar surface area (TPSA) is 81.1 Å². The van der Waals surface area contributed by atoms with Crippen LogP contribution in [0.3, 0.4) is 0 Å². The standard InChI is InChI=1S/C31H30BrIN2O4/c1-20(5-4-8-29(37)34-18-23-7-3-2-6-22(23)15-26(34)19-36)31(39)27-16-24(32)11-14-28(27)35(30(31)38)17-21-9-12-25(33)13-10-21/h2-7,9-14,16,20,26,36,39H,8,15,17-19H2,1H3/b5-4+/t20-,26-,31+/m0/s1.